The molecular weight excluding hydrogens is 804 g/mol. The molecule has 6 aromatic carbocycles. The fourth-order valence-electron chi connectivity index (χ4n) is 7.85. The number of pyridine rings is 2. The van der Waals surface area contributed by atoms with Crippen molar-refractivity contribution in [1.82, 2.24) is 18.8 Å². The standard InChI is InChI=1S/C46H36N4.Pt/c1-27(2)29-13-17-37-39(19-29)41-21-31-9-5-7-11-33(31)23-43(41)49-25-35(47-45(37)49)15-16-36-26-50-44-24-34-12-8-6-10-32(34)22-42(44)40-20-30(28(3)4)14-18-38(40)46(50)48-36;/h5-14,19-28H,15-16H2,1-4H3;/q-2;+2. The summed E-state index contributed by atoms with van der Waals surface area (Å²) < 4.78 is 4.56. The predicted octanol–water partition coefficient (Wildman–Crippen LogP) is 11.5. The van der Waals surface area contributed by atoms with Crippen LogP contribution in [0.3, 0.4) is 0 Å². The molecule has 0 aliphatic rings. The van der Waals surface area contributed by atoms with Crippen molar-refractivity contribution < 1.29 is 21.1 Å². The van der Waals surface area contributed by atoms with Crippen molar-refractivity contribution in [2.45, 2.75) is 52.4 Å². The van der Waals surface area contributed by atoms with E-state index in [1.165, 1.54) is 65.3 Å². The summed E-state index contributed by atoms with van der Waals surface area (Å²) in [5.41, 5.74) is 8.96. The summed E-state index contributed by atoms with van der Waals surface area (Å²) in [6, 6.07) is 42.8. The molecular formula is C46H36N4Pt. The van der Waals surface area contributed by atoms with Crippen LogP contribution in [0, 0.1) is 12.1 Å². The second kappa shape index (κ2) is 12.0. The molecule has 0 fully saturated rings. The molecule has 5 heteroatoms. The fraction of sp³-hybridized carbons (Fsp3) is 0.174. The Hall–Kier alpha value is -5.05. The first kappa shape index (κ1) is 31.9. The van der Waals surface area contributed by atoms with Gasteiger partial charge in [0.05, 0.1) is 11.3 Å². The van der Waals surface area contributed by atoms with E-state index in [0.29, 0.717) is 11.8 Å². The number of aromatic nitrogens is 4. The van der Waals surface area contributed by atoms with E-state index in [9.17, 15) is 0 Å². The van der Waals surface area contributed by atoms with Crippen LogP contribution in [0.4, 0.5) is 0 Å². The molecule has 0 aliphatic heterocycles. The Morgan fingerprint density at radius 3 is 1.31 bits per heavy atom. The van der Waals surface area contributed by atoms with Crippen LogP contribution in [0.2, 0.25) is 0 Å². The Labute approximate surface area is 311 Å². The van der Waals surface area contributed by atoms with Crippen molar-refractivity contribution in [3.63, 3.8) is 0 Å². The molecule has 0 bridgehead atoms. The predicted molar refractivity (Wildman–Crippen MR) is 209 cm³/mol. The fourth-order valence-corrected chi connectivity index (χ4v) is 7.85. The van der Waals surface area contributed by atoms with E-state index in [-0.39, 0.29) is 21.1 Å². The van der Waals surface area contributed by atoms with Crippen LogP contribution in [0.25, 0.3) is 76.2 Å². The third kappa shape index (κ3) is 5.06. The van der Waals surface area contributed by atoms with Crippen LogP contribution in [-0.4, -0.2) is 18.8 Å². The summed E-state index contributed by atoms with van der Waals surface area (Å²) >= 11 is 0. The van der Waals surface area contributed by atoms with Gasteiger partial charge in [0, 0.05) is 34.8 Å². The minimum Gasteiger partial charge on any atom is -0.340 e. The van der Waals surface area contributed by atoms with Crippen LogP contribution >= 0.6 is 0 Å². The van der Waals surface area contributed by atoms with Crippen LogP contribution in [0.15, 0.2) is 109 Å². The molecule has 0 amide bonds. The number of hydrogen-bond donors (Lipinski definition) is 0. The third-order valence-electron chi connectivity index (χ3n) is 10.7. The zero-order chi connectivity index (χ0) is 33.7. The Kier molecular flexibility index (Phi) is 7.52. The number of hydrogen-bond acceptors (Lipinski definition) is 2. The minimum atomic E-state index is 0. The first-order valence-electron chi connectivity index (χ1n) is 17.7. The SMILES string of the molecule is CC(C)c1c[c-]c2c(c1)c1cc3ccccc3cc1n1cc(CCc3cn4c5cc6ccccc6cc5c5cc(C(C)C)c[c-]c5c4n3)nc21.[Pt+2]. The smallest absolute Gasteiger partial charge is 0.340 e. The van der Waals surface area contributed by atoms with Gasteiger partial charge < -0.3 is 8.80 Å². The zero-order valence-electron chi connectivity index (χ0n) is 29.1. The van der Waals surface area contributed by atoms with Gasteiger partial charge in [0.1, 0.15) is 0 Å². The average molecular weight is 840 g/mol. The maximum Gasteiger partial charge on any atom is 2.00 e. The van der Waals surface area contributed by atoms with Gasteiger partial charge in [-0.3, -0.25) is 9.97 Å². The van der Waals surface area contributed by atoms with Crippen molar-refractivity contribution in [3.8, 4) is 0 Å². The quantitative estimate of drug-likeness (QED) is 0.0983. The van der Waals surface area contributed by atoms with Gasteiger partial charge in [-0.2, -0.15) is 0 Å². The molecule has 0 aliphatic carbocycles. The van der Waals surface area contributed by atoms with E-state index in [2.05, 4.69) is 158 Å². The number of imidazole rings is 2. The Bertz CT molecular complexity index is 2800. The van der Waals surface area contributed by atoms with E-state index in [1.807, 2.05) is 0 Å². The summed E-state index contributed by atoms with van der Waals surface area (Å²) in [6.07, 6.45) is 6.02. The molecule has 10 rings (SSSR count). The first-order chi connectivity index (χ1) is 24.4. The molecule has 250 valence electrons. The average Bonchev–Trinajstić information content (AvgIpc) is 3.78. The van der Waals surface area contributed by atoms with Gasteiger partial charge in [-0.15, -0.1) is 58.3 Å². The van der Waals surface area contributed by atoms with E-state index < -0.39 is 0 Å². The molecule has 51 heavy (non-hydrogen) atoms. The van der Waals surface area contributed by atoms with E-state index >= 15 is 0 Å². The number of rotatable bonds is 5. The van der Waals surface area contributed by atoms with Gasteiger partial charge in [-0.05, 0) is 57.3 Å². The zero-order valence-corrected chi connectivity index (χ0v) is 31.3. The number of benzene rings is 6. The van der Waals surface area contributed by atoms with Gasteiger partial charge in [0.2, 0.25) is 0 Å². The molecule has 10 aromatic rings. The van der Waals surface area contributed by atoms with Crippen molar-refractivity contribution in [1.29, 1.82) is 0 Å². The van der Waals surface area contributed by atoms with Crippen molar-refractivity contribution in [2.75, 3.05) is 0 Å². The molecule has 0 atom stereocenters. The molecule has 4 heterocycles. The van der Waals surface area contributed by atoms with Gasteiger partial charge in [-0.1, -0.05) is 111 Å². The summed E-state index contributed by atoms with van der Waals surface area (Å²) in [4.78, 5) is 10.5. The van der Waals surface area contributed by atoms with Crippen LogP contribution in [0.1, 0.15) is 62.0 Å². The number of aryl methyl sites for hydroxylation is 2. The van der Waals surface area contributed by atoms with Gasteiger partial charge in [-0.25, -0.2) is 0 Å². The molecule has 4 aromatic heterocycles. The largest absolute Gasteiger partial charge is 2.00 e. The van der Waals surface area contributed by atoms with E-state index in [1.54, 1.807) is 0 Å². The molecule has 0 radical (unpaired) electrons. The van der Waals surface area contributed by atoms with Crippen LogP contribution < -0.4 is 0 Å². The summed E-state index contributed by atoms with van der Waals surface area (Å²) in [5, 5.41) is 12.0. The minimum absolute atomic E-state index is 0. The van der Waals surface area contributed by atoms with Crippen molar-refractivity contribution >= 4 is 76.2 Å². The summed E-state index contributed by atoms with van der Waals surface area (Å²) in [5.74, 6) is 0.844. The molecule has 0 saturated heterocycles. The molecule has 0 unspecified atom stereocenters. The Morgan fingerprint density at radius 2 is 0.922 bits per heavy atom. The Morgan fingerprint density at radius 1 is 0.529 bits per heavy atom. The normalized spacial score (nSPS) is 12.3. The molecule has 4 nitrogen and oxygen atoms in total. The van der Waals surface area contributed by atoms with E-state index in [0.717, 1.165) is 46.3 Å². The topological polar surface area (TPSA) is 34.6 Å². The van der Waals surface area contributed by atoms with E-state index in [4.69, 9.17) is 9.97 Å². The van der Waals surface area contributed by atoms with Crippen molar-refractivity contribution in [2.24, 2.45) is 0 Å². The van der Waals surface area contributed by atoms with Gasteiger partial charge >= 0.3 is 21.1 Å². The molecule has 0 N–H and O–H groups in total. The third-order valence-corrected chi connectivity index (χ3v) is 10.7. The van der Waals surface area contributed by atoms with Gasteiger partial charge in [0.25, 0.3) is 0 Å². The van der Waals surface area contributed by atoms with Crippen LogP contribution in [0.5, 0.6) is 0 Å². The second-order valence-electron chi connectivity index (χ2n) is 14.5. The van der Waals surface area contributed by atoms with Crippen LogP contribution in [-0.2, 0) is 33.9 Å². The maximum absolute atomic E-state index is 5.27. The Balaban J connectivity index is 0.00000348. The first-order valence-corrected chi connectivity index (χ1v) is 17.7. The molecule has 0 saturated carbocycles. The molecule has 0 spiro atoms. The number of nitrogens with zero attached hydrogens (tertiary/aromatic N) is 4. The summed E-state index contributed by atoms with van der Waals surface area (Å²) in [6.45, 7) is 8.97. The van der Waals surface area contributed by atoms with Gasteiger partial charge in [0.15, 0.2) is 0 Å². The maximum atomic E-state index is 5.27. The van der Waals surface area contributed by atoms with Crippen molar-refractivity contribution in [3.05, 3.63) is 144 Å². The monoisotopic (exact) mass is 839 g/mol. The summed E-state index contributed by atoms with van der Waals surface area (Å²) in [7, 11) is 0. The second-order valence-corrected chi connectivity index (χ2v) is 14.5. The number of fused-ring (bicyclic) bond motifs is 14.